The Morgan fingerprint density at radius 1 is 1.25 bits per heavy atom. The lowest BCUT2D eigenvalue weighted by atomic mass is 10.1. The molecule has 0 unspecified atom stereocenters. The van der Waals surface area contributed by atoms with Gasteiger partial charge in [0.25, 0.3) is 11.8 Å². The molecule has 8 nitrogen and oxygen atoms in total. The number of hydrogen-bond donors (Lipinski definition) is 1. The Morgan fingerprint density at radius 3 is 2.86 bits per heavy atom. The van der Waals surface area contributed by atoms with Gasteiger partial charge in [-0.2, -0.15) is 4.98 Å². The Kier molecular flexibility index (Phi) is 4.94. The fourth-order valence-corrected chi connectivity index (χ4v) is 3.10. The van der Waals surface area contributed by atoms with Crippen LogP contribution in [0.1, 0.15) is 22.2 Å². The van der Waals surface area contributed by atoms with Crippen LogP contribution in [-0.2, 0) is 4.74 Å². The number of nitrogens with zero attached hydrogens (tertiary/aromatic N) is 3. The SMILES string of the molecule is COc1ccc(O)c(C(=O)N2CCOC[C@H]2c2noc(-c3ccccc3)n2)c1. The molecular weight excluding hydrogens is 362 g/mol. The van der Waals surface area contributed by atoms with Gasteiger partial charge < -0.3 is 24.0 Å². The minimum absolute atomic E-state index is 0.117. The highest BCUT2D eigenvalue weighted by Gasteiger charge is 2.34. The van der Waals surface area contributed by atoms with Crippen LogP contribution in [0.4, 0.5) is 0 Å². The molecule has 1 amide bonds. The summed E-state index contributed by atoms with van der Waals surface area (Å²) >= 11 is 0. The van der Waals surface area contributed by atoms with Gasteiger partial charge in [0.2, 0.25) is 0 Å². The van der Waals surface area contributed by atoms with Crippen molar-refractivity contribution in [2.45, 2.75) is 6.04 Å². The number of aromatic hydroxyl groups is 1. The molecule has 1 aliphatic heterocycles. The maximum Gasteiger partial charge on any atom is 0.258 e. The first-order chi connectivity index (χ1) is 13.7. The lowest BCUT2D eigenvalue weighted by molar-refractivity contribution is -0.00591. The summed E-state index contributed by atoms with van der Waals surface area (Å²) in [5.41, 5.74) is 0.944. The van der Waals surface area contributed by atoms with E-state index in [1.165, 1.54) is 19.2 Å². The number of amides is 1. The van der Waals surface area contributed by atoms with E-state index in [9.17, 15) is 9.90 Å². The van der Waals surface area contributed by atoms with Gasteiger partial charge in [-0.3, -0.25) is 4.79 Å². The van der Waals surface area contributed by atoms with Gasteiger partial charge in [-0.05, 0) is 30.3 Å². The van der Waals surface area contributed by atoms with E-state index in [0.29, 0.717) is 30.6 Å². The van der Waals surface area contributed by atoms with Gasteiger partial charge in [-0.1, -0.05) is 23.4 Å². The maximum absolute atomic E-state index is 13.1. The lowest BCUT2D eigenvalue weighted by Gasteiger charge is -2.33. The Morgan fingerprint density at radius 2 is 2.07 bits per heavy atom. The third-order valence-electron chi connectivity index (χ3n) is 4.58. The van der Waals surface area contributed by atoms with Crippen molar-refractivity contribution in [3.8, 4) is 23.0 Å². The number of morpholine rings is 1. The van der Waals surface area contributed by atoms with Gasteiger partial charge >= 0.3 is 0 Å². The Balaban J connectivity index is 1.64. The lowest BCUT2D eigenvalue weighted by Crippen LogP contribution is -2.43. The molecule has 0 aliphatic carbocycles. The van der Waals surface area contributed by atoms with Crippen molar-refractivity contribution in [1.82, 2.24) is 15.0 Å². The number of rotatable bonds is 4. The van der Waals surface area contributed by atoms with E-state index >= 15 is 0 Å². The van der Waals surface area contributed by atoms with Crippen LogP contribution in [0.25, 0.3) is 11.5 Å². The highest BCUT2D eigenvalue weighted by molar-refractivity contribution is 5.97. The van der Waals surface area contributed by atoms with E-state index in [4.69, 9.17) is 14.0 Å². The summed E-state index contributed by atoms with van der Waals surface area (Å²) in [5.74, 6) is 0.744. The van der Waals surface area contributed by atoms with Gasteiger partial charge in [0.05, 0.1) is 25.9 Å². The maximum atomic E-state index is 13.1. The summed E-state index contributed by atoms with van der Waals surface area (Å²) in [6.45, 7) is 0.968. The van der Waals surface area contributed by atoms with Crippen LogP contribution >= 0.6 is 0 Å². The zero-order chi connectivity index (χ0) is 19.5. The van der Waals surface area contributed by atoms with Crippen LogP contribution < -0.4 is 4.74 Å². The number of aromatic nitrogens is 2. The van der Waals surface area contributed by atoms with Gasteiger partial charge in [0, 0.05) is 12.1 Å². The molecule has 0 bridgehead atoms. The zero-order valence-electron chi connectivity index (χ0n) is 15.2. The van der Waals surface area contributed by atoms with Crippen molar-refractivity contribution in [2.75, 3.05) is 26.9 Å². The predicted molar refractivity (Wildman–Crippen MR) is 99.0 cm³/mol. The summed E-state index contributed by atoms with van der Waals surface area (Å²) < 4.78 is 16.1. The fourth-order valence-electron chi connectivity index (χ4n) is 3.10. The Labute approximate surface area is 161 Å². The van der Waals surface area contributed by atoms with Crippen molar-refractivity contribution >= 4 is 5.91 Å². The van der Waals surface area contributed by atoms with Crippen molar-refractivity contribution in [3.63, 3.8) is 0 Å². The predicted octanol–water partition coefficient (Wildman–Crippen LogP) is 2.66. The van der Waals surface area contributed by atoms with Crippen molar-refractivity contribution in [1.29, 1.82) is 0 Å². The molecule has 1 atom stereocenters. The van der Waals surface area contributed by atoms with Crippen molar-refractivity contribution in [3.05, 3.63) is 59.9 Å². The molecule has 8 heteroatoms. The summed E-state index contributed by atoms with van der Waals surface area (Å²) in [4.78, 5) is 19.1. The van der Waals surface area contributed by atoms with E-state index in [2.05, 4.69) is 10.1 Å². The first kappa shape index (κ1) is 18.0. The molecule has 1 saturated heterocycles. The average molecular weight is 381 g/mol. The first-order valence-electron chi connectivity index (χ1n) is 8.82. The summed E-state index contributed by atoms with van der Waals surface area (Å²) in [6.07, 6.45) is 0. The molecule has 1 aliphatic rings. The number of phenolic OH excluding ortho intramolecular Hbond substituents is 1. The molecule has 0 spiro atoms. The van der Waals surface area contributed by atoms with Crippen molar-refractivity contribution < 1.29 is 23.9 Å². The van der Waals surface area contributed by atoms with Crippen LogP contribution in [0.3, 0.4) is 0 Å². The smallest absolute Gasteiger partial charge is 0.258 e. The van der Waals surface area contributed by atoms with E-state index < -0.39 is 6.04 Å². The van der Waals surface area contributed by atoms with E-state index in [1.807, 2.05) is 30.3 Å². The molecule has 1 fully saturated rings. The number of methoxy groups -OCH3 is 1. The minimum atomic E-state index is -0.520. The van der Waals surface area contributed by atoms with E-state index in [-0.39, 0.29) is 23.8 Å². The second-order valence-electron chi connectivity index (χ2n) is 6.30. The second kappa shape index (κ2) is 7.69. The van der Waals surface area contributed by atoms with E-state index in [1.54, 1.807) is 11.0 Å². The largest absolute Gasteiger partial charge is 0.507 e. The van der Waals surface area contributed by atoms with Crippen LogP contribution in [0.2, 0.25) is 0 Å². The van der Waals surface area contributed by atoms with Gasteiger partial charge in [-0.15, -0.1) is 0 Å². The zero-order valence-corrected chi connectivity index (χ0v) is 15.2. The van der Waals surface area contributed by atoms with Crippen LogP contribution in [-0.4, -0.2) is 52.9 Å². The van der Waals surface area contributed by atoms with Gasteiger partial charge in [0.15, 0.2) is 5.82 Å². The second-order valence-corrected chi connectivity index (χ2v) is 6.30. The molecule has 1 aromatic heterocycles. The van der Waals surface area contributed by atoms with Crippen LogP contribution in [0, 0.1) is 0 Å². The Hall–Kier alpha value is -3.39. The number of carbonyl (C=O) groups excluding carboxylic acids is 1. The highest BCUT2D eigenvalue weighted by Crippen LogP contribution is 2.30. The third-order valence-corrected chi connectivity index (χ3v) is 4.58. The van der Waals surface area contributed by atoms with Gasteiger partial charge in [-0.25, -0.2) is 0 Å². The minimum Gasteiger partial charge on any atom is -0.507 e. The molecule has 0 radical (unpaired) electrons. The topological polar surface area (TPSA) is 97.9 Å². The number of ether oxygens (including phenoxy) is 2. The highest BCUT2D eigenvalue weighted by atomic mass is 16.5. The van der Waals surface area contributed by atoms with E-state index in [0.717, 1.165) is 5.56 Å². The van der Waals surface area contributed by atoms with Crippen LogP contribution in [0.15, 0.2) is 53.1 Å². The van der Waals surface area contributed by atoms with Crippen LogP contribution in [0.5, 0.6) is 11.5 Å². The Bertz CT molecular complexity index is 973. The molecule has 28 heavy (non-hydrogen) atoms. The summed E-state index contributed by atoms with van der Waals surface area (Å²) in [7, 11) is 1.50. The molecule has 4 rings (SSSR count). The molecule has 0 saturated carbocycles. The molecule has 2 aromatic carbocycles. The van der Waals surface area contributed by atoms with Gasteiger partial charge in [0.1, 0.15) is 17.5 Å². The summed E-state index contributed by atoms with van der Waals surface area (Å²) in [6, 6.07) is 13.4. The van der Waals surface area contributed by atoms with Crippen molar-refractivity contribution in [2.24, 2.45) is 0 Å². The monoisotopic (exact) mass is 381 g/mol. The first-order valence-corrected chi connectivity index (χ1v) is 8.82. The molecule has 1 N–H and O–H groups in total. The number of hydrogen-bond acceptors (Lipinski definition) is 7. The molecule has 2 heterocycles. The fraction of sp³-hybridized carbons (Fsp3) is 0.250. The standard InChI is InChI=1S/C20H19N3O5/c1-26-14-7-8-17(24)15(11-14)20(25)23-9-10-27-12-16(23)18-21-19(28-22-18)13-5-3-2-4-6-13/h2-8,11,16,24H,9-10,12H2,1H3/t16-/m0/s1. The quantitative estimate of drug-likeness (QED) is 0.742. The average Bonchev–Trinajstić information content (AvgIpc) is 3.24. The molecular formula is C20H19N3O5. The molecule has 144 valence electrons. The number of phenols is 1. The normalized spacial score (nSPS) is 16.8. The molecule has 3 aromatic rings. The number of carbonyl (C=O) groups is 1. The summed E-state index contributed by atoms with van der Waals surface area (Å²) in [5, 5.41) is 14.2. The third kappa shape index (κ3) is 3.41. The number of benzene rings is 2.